The summed E-state index contributed by atoms with van der Waals surface area (Å²) >= 11 is 5.15. The van der Waals surface area contributed by atoms with E-state index in [4.69, 9.17) is 10.7 Å². The molecule has 1 aromatic heterocycles. The van der Waals surface area contributed by atoms with Crippen molar-refractivity contribution in [2.24, 2.45) is 10.7 Å². The van der Waals surface area contributed by atoms with Gasteiger partial charge in [-0.2, -0.15) is 0 Å². The fourth-order valence-electron chi connectivity index (χ4n) is 2.35. The fourth-order valence-corrected chi connectivity index (χ4v) is 3.57. The van der Waals surface area contributed by atoms with E-state index in [1.54, 1.807) is 11.3 Å². The SMILES string of the molecule is NCCCn1c(-c2ccc(Br)cc2)csc1=Nc1ccccc1. The minimum atomic E-state index is 0.674. The number of rotatable bonds is 5. The van der Waals surface area contributed by atoms with Crippen molar-refractivity contribution in [3.63, 3.8) is 0 Å². The Balaban J connectivity index is 2.07. The van der Waals surface area contributed by atoms with Crippen LogP contribution in [-0.2, 0) is 6.54 Å². The van der Waals surface area contributed by atoms with E-state index in [-0.39, 0.29) is 0 Å². The van der Waals surface area contributed by atoms with Gasteiger partial charge in [-0.25, -0.2) is 4.99 Å². The van der Waals surface area contributed by atoms with Crippen LogP contribution in [0.3, 0.4) is 0 Å². The van der Waals surface area contributed by atoms with Gasteiger partial charge in [-0.3, -0.25) is 0 Å². The van der Waals surface area contributed by atoms with Gasteiger partial charge >= 0.3 is 0 Å². The van der Waals surface area contributed by atoms with E-state index < -0.39 is 0 Å². The van der Waals surface area contributed by atoms with Crippen molar-refractivity contribution in [3.05, 3.63) is 69.3 Å². The van der Waals surface area contributed by atoms with Crippen molar-refractivity contribution in [1.29, 1.82) is 0 Å². The van der Waals surface area contributed by atoms with Gasteiger partial charge in [-0.1, -0.05) is 46.3 Å². The number of hydrogen-bond donors (Lipinski definition) is 1. The third-order valence-electron chi connectivity index (χ3n) is 3.50. The van der Waals surface area contributed by atoms with Gasteiger partial charge < -0.3 is 10.3 Å². The molecule has 0 aliphatic heterocycles. The smallest absolute Gasteiger partial charge is 0.190 e. The molecule has 0 aliphatic rings. The van der Waals surface area contributed by atoms with Crippen molar-refractivity contribution >= 4 is 33.0 Å². The fraction of sp³-hybridized carbons (Fsp3) is 0.167. The summed E-state index contributed by atoms with van der Waals surface area (Å²) in [6.45, 7) is 1.55. The van der Waals surface area contributed by atoms with E-state index in [0.717, 1.165) is 27.9 Å². The molecule has 0 bridgehead atoms. The second kappa shape index (κ2) is 7.73. The molecule has 118 valence electrons. The Morgan fingerprint density at radius 1 is 1.04 bits per heavy atom. The van der Waals surface area contributed by atoms with Crippen LogP contribution in [0.25, 0.3) is 11.3 Å². The van der Waals surface area contributed by atoms with Crippen molar-refractivity contribution in [1.82, 2.24) is 4.57 Å². The summed E-state index contributed by atoms with van der Waals surface area (Å²) in [4.78, 5) is 5.79. The Bertz CT molecular complexity index is 819. The molecule has 0 unspecified atom stereocenters. The highest BCUT2D eigenvalue weighted by atomic mass is 79.9. The third kappa shape index (κ3) is 3.99. The molecular weight excluding hydrogens is 370 g/mol. The first-order chi connectivity index (χ1) is 11.3. The number of halogens is 1. The van der Waals surface area contributed by atoms with Gasteiger partial charge in [0.15, 0.2) is 4.80 Å². The van der Waals surface area contributed by atoms with E-state index in [2.05, 4.69) is 50.1 Å². The first-order valence-electron chi connectivity index (χ1n) is 7.52. The minimum absolute atomic E-state index is 0.674. The summed E-state index contributed by atoms with van der Waals surface area (Å²) in [6.07, 6.45) is 0.933. The number of para-hydroxylation sites is 1. The normalized spacial score (nSPS) is 11.8. The highest BCUT2D eigenvalue weighted by Crippen LogP contribution is 2.23. The molecule has 3 rings (SSSR count). The summed E-state index contributed by atoms with van der Waals surface area (Å²) in [5.74, 6) is 0. The summed E-state index contributed by atoms with van der Waals surface area (Å²) in [7, 11) is 0. The van der Waals surface area contributed by atoms with Gasteiger partial charge in [0.2, 0.25) is 0 Å². The molecule has 0 aliphatic carbocycles. The standard InChI is InChI=1S/C18H18BrN3S/c19-15-9-7-14(8-10-15)17-13-23-18(22(17)12-4-11-20)21-16-5-2-1-3-6-16/h1-3,5-10,13H,4,11-12,20H2. The summed E-state index contributed by atoms with van der Waals surface area (Å²) in [6, 6.07) is 18.4. The van der Waals surface area contributed by atoms with Gasteiger partial charge in [0, 0.05) is 16.4 Å². The van der Waals surface area contributed by atoms with Gasteiger partial charge in [0.25, 0.3) is 0 Å². The van der Waals surface area contributed by atoms with Crippen molar-refractivity contribution < 1.29 is 0 Å². The van der Waals surface area contributed by atoms with E-state index in [1.165, 1.54) is 11.3 Å². The lowest BCUT2D eigenvalue weighted by Crippen LogP contribution is -2.18. The third-order valence-corrected chi connectivity index (χ3v) is 4.90. The quantitative estimate of drug-likeness (QED) is 0.684. The first kappa shape index (κ1) is 16.2. The van der Waals surface area contributed by atoms with Gasteiger partial charge in [0.05, 0.1) is 11.4 Å². The molecule has 3 nitrogen and oxygen atoms in total. The molecule has 5 heteroatoms. The Morgan fingerprint density at radius 2 is 1.78 bits per heavy atom. The molecule has 2 aromatic carbocycles. The average Bonchev–Trinajstić information content (AvgIpc) is 2.97. The summed E-state index contributed by atoms with van der Waals surface area (Å²) in [5.41, 5.74) is 9.06. The second-order valence-corrected chi connectivity index (χ2v) is 6.90. The van der Waals surface area contributed by atoms with Gasteiger partial charge in [-0.15, -0.1) is 11.3 Å². The predicted octanol–water partition coefficient (Wildman–Crippen LogP) is 4.56. The molecule has 0 spiro atoms. The zero-order valence-corrected chi connectivity index (χ0v) is 15.1. The van der Waals surface area contributed by atoms with Crippen LogP contribution in [0.1, 0.15) is 6.42 Å². The lowest BCUT2D eigenvalue weighted by molar-refractivity contribution is 0.641. The largest absolute Gasteiger partial charge is 0.330 e. The molecule has 0 fully saturated rings. The molecule has 0 atom stereocenters. The average molecular weight is 388 g/mol. The molecule has 1 heterocycles. The molecule has 0 amide bonds. The zero-order chi connectivity index (χ0) is 16.1. The Morgan fingerprint density at radius 3 is 2.48 bits per heavy atom. The number of nitrogens with two attached hydrogens (primary N) is 1. The van der Waals surface area contributed by atoms with E-state index in [0.29, 0.717) is 6.54 Å². The summed E-state index contributed by atoms with van der Waals surface area (Å²) < 4.78 is 3.34. The number of nitrogens with zero attached hydrogens (tertiary/aromatic N) is 2. The van der Waals surface area contributed by atoms with Crippen molar-refractivity contribution in [3.8, 4) is 11.3 Å². The molecule has 0 saturated heterocycles. The highest BCUT2D eigenvalue weighted by molar-refractivity contribution is 9.10. The molecule has 0 radical (unpaired) electrons. The molecular formula is C18H18BrN3S. The maximum Gasteiger partial charge on any atom is 0.190 e. The van der Waals surface area contributed by atoms with Crippen molar-refractivity contribution in [2.45, 2.75) is 13.0 Å². The van der Waals surface area contributed by atoms with Gasteiger partial charge in [0.1, 0.15) is 0 Å². The van der Waals surface area contributed by atoms with Crippen LogP contribution < -0.4 is 10.5 Å². The Hall–Kier alpha value is -1.69. The molecule has 2 N–H and O–H groups in total. The van der Waals surface area contributed by atoms with Crippen LogP contribution in [0.15, 0.2) is 69.4 Å². The molecule has 0 saturated carbocycles. The van der Waals surface area contributed by atoms with E-state index in [9.17, 15) is 0 Å². The monoisotopic (exact) mass is 387 g/mol. The van der Waals surface area contributed by atoms with Crippen molar-refractivity contribution in [2.75, 3.05) is 6.54 Å². The van der Waals surface area contributed by atoms with Crippen LogP contribution in [0.5, 0.6) is 0 Å². The second-order valence-electron chi connectivity index (χ2n) is 5.15. The van der Waals surface area contributed by atoms with Crippen LogP contribution >= 0.6 is 27.3 Å². The zero-order valence-electron chi connectivity index (χ0n) is 12.7. The van der Waals surface area contributed by atoms with E-state index in [1.807, 2.05) is 30.3 Å². The minimum Gasteiger partial charge on any atom is -0.330 e. The lowest BCUT2D eigenvalue weighted by atomic mass is 10.2. The van der Waals surface area contributed by atoms with Crippen LogP contribution in [0.2, 0.25) is 0 Å². The first-order valence-corrected chi connectivity index (χ1v) is 9.19. The maximum atomic E-state index is 5.71. The topological polar surface area (TPSA) is 43.3 Å². The van der Waals surface area contributed by atoms with Gasteiger partial charge in [-0.05, 0) is 42.8 Å². The Kier molecular flexibility index (Phi) is 5.43. The maximum absolute atomic E-state index is 5.71. The number of hydrogen-bond acceptors (Lipinski definition) is 3. The summed E-state index contributed by atoms with van der Waals surface area (Å²) in [5, 5.41) is 2.17. The highest BCUT2D eigenvalue weighted by Gasteiger charge is 2.08. The van der Waals surface area contributed by atoms with Crippen LogP contribution in [0, 0.1) is 0 Å². The van der Waals surface area contributed by atoms with Crippen LogP contribution in [-0.4, -0.2) is 11.1 Å². The van der Waals surface area contributed by atoms with Crippen LogP contribution in [0.4, 0.5) is 5.69 Å². The van der Waals surface area contributed by atoms with E-state index >= 15 is 0 Å². The lowest BCUT2D eigenvalue weighted by Gasteiger charge is -2.08. The predicted molar refractivity (Wildman–Crippen MR) is 101 cm³/mol. The number of thiazole rings is 1. The Labute approximate surface area is 148 Å². The molecule has 23 heavy (non-hydrogen) atoms. The number of benzene rings is 2. The number of aromatic nitrogens is 1. The molecule has 3 aromatic rings.